The molecule has 0 bridgehead atoms. The normalized spacial score (nSPS) is 11.9. The lowest BCUT2D eigenvalue weighted by Crippen LogP contribution is -2.11. The molecule has 2 aliphatic rings. The van der Waals surface area contributed by atoms with Gasteiger partial charge in [-0.05, 0) is 35.2 Å². The van der Waals surface area contributed by atoms with Crippen molar-refractivity contribution in [1.82, 2.24) is 10.2 Å². The van der Waals surface area contributed by atoms with E-state index in [4.69, 9.17) is 9.47 Å². The van der Waals surface area contributed by atoms with Gasteiger partial charge in [0.25, 0.3) is 0 Å². The molecule has 0 atom stereocenters. The standard InChI is InChI=1S/C20H18F3N3O2/c1-27-16-8-12-7-14-18(13(12)9-17(16)28-2)25-26-19(14)24-10-11-5-3-4-6-15(11)20(21,22)23/h3-9,24-26H,10H2,1-2H3. The van der Waals surface area contributed by atoms with Crippen molar-refractivity contribution in [2.75, 3.05) is 19.5 Å². The van der Waals surface area contributed by atoms with Gasteiger partial charge in [0.15, 0.2) is 11.5 Å². The highest BCUT2D eigenvalue weighted by Gasteiger charge is 2.32. The molecule has 1 heterocycles. The Morgan fingerprint density at radius 2 is 1.68 bits per heavy atom. The fourth-order valence-corrected chi connectivity index (χ4v) is 3.40. The largest absolute Gasteiger partial charge is 0.493 e. The summed E-state index contributed by atoms with van der Waals surface area (Å²) >= 11 is 0. The van der Waals surface area contributed by atoms with E-state index < -0.39 is 11.7 Å². The average Bonchev–Trinajstić information content (AvgIpc) is 3.23. The van der Waals surface area contributed by atoms with Crippen LogP contribution in [0.3, 0.4) is 0 Å². The summed E-state index contributed by atoms with van der Waals surface area (Å²) in [7, 11) is 3.13. The number of anilines is 1. The van der Waals surface area contributed by atoms with Crippen LogP contribution >= 0.6 is 0 Å². The average molecular weight is 389 g/mol. The van der Waals surface area contributed by atoms with Crippen LogP contribution in [0.4, 0.5) is 19.0 Å². The van der Waals surface area contributed by atoms with Gasteiger partial charge in [-0.1, -0.05) is 18.2 Å². The number of hydrogen-bond acceptors (Lipinski definition) is 3. The SMILES string of the molecule is COc1cc2cc3c(NCc4ccccc4C(F)(F)F)[nH][nH]c-3c2cc1OC. The van der Waals surface area contributed by atoms with Gasteiger partial charge < -0.3 is 14.8 Å². The van der Waals surface area contributed by atoms with Crippen molar-refractivity contribution >= 4 is 16.6 Å². The van der Waals surface area contributed by atoms with Crippen LogP contribution in [0, 0.1) is 0 Å². The van der Waals surface area contributed by atoms with Gasteiger partial charge in [0.2, 0.25) is 0 Å². The third-order valence-corrected chi connectivity index (χ3v) is 4.75. The predicted molar refractivity (Wildman–Crippen MR) is 101 cm³/mol. The van der Waals surface area contributed by atoms with E-state index in [2.05, 4.69) is 15.5 Å². The molecule has 0 unspecified atom stereocenters. The van der Waals surface area contributed by atoms with Crippen LogP contribution < -0.4 is 14.8 Å². The van der Waals surface area contributed by atoms with E-state index in [1.807, 2.05) is 18.2 Å². The number of hydrogen-bond donors (Lipinski definition) is 3. The van der Waals surface area contributed by atoms with Gasteiger partial charge in [0.1, 0.15) is 5.82 Å². The quantitative estimate of drug-likeness (QED) is 0.437. The lowest BCUT2D eigenvalue weighted by Gasteiger charge is -2.13. The Labute approximate surface area is 158 Å². The zero-order valence-corrected chi connectivity index (χ0v) is 15.2. The van der Waals surface area contributed by atoms with Crippen molar-refractivity contribution in [1.29, 1.82) is 0 Å². The van der Waals surface area contributed by atoms with Crippen LogP contribution in [0.25, 0.3) is 22.0 Å². The van der Waals surface area contributed by atoms with Gasteiger partial charge in [-0.3, -0.25) is 10.2 Å². The Kier molecular flexibility index (Phi) is 4.33. The molecule has 2 aromatic rings. The summed E-state index contributed by atoms with van der Waals surface area (Å²) in [6, 6.07) is 11.2. The van der Waals surface area contributed by atoms with Crippen LogP contribution in [-0.2, 0) is 12.7 Å². The van der Waals surface area contributed by atoms with Gasteiger partial charge in [-0.15, -0.1) is 0 Å². The highest BCUT2D eigenvalue weighted by atomic mass is 19.4. The van der Waals surface area contributed by atoms with Gasteiger partial charge in [-0.2, -0.15) is 13.2 Å². The summed E-state index contributed by atoms with van der Waals surface area (Å²) in [5.74, 6) is 1.83. The van der Waals surface area contributed by atoms with E-state index in [0.717, 1.165) is 28.1 Å². The molecule has 8 heteroatoms. The molecule has 4 rings (SSSR count). The molecule has 1 aliphatic heterocycles. The molecule has 0 spiro atoms. The molecular formula is C20H18F3N3O2. The van der Waals surface area contributed by atoms with Crippen molar-refractivity contribution in [2.45, 2.75) is 12.7 Å². The smallest absolute Gasteiger partial charge is 0.416 e. The van der Waals surface area contributed by atoms with Crippen LogP contribution in [0.5, 0.6) is 11.5 Å². The molecule has 28 heavy (non-hydrogen) atoms. The van der Waals surface area contributed by atoms with Crippen molar-refractivity contribution in [2.24, 2.45) is 0 Å². The predicted octanol–water partition coefficient (Wildman–Crippen LogP) is 5.25. The maximum atomic E-state index is 13.2. The van der Waals surface area contributed by atoms with E-state index in [9.17, 15) is 13.2 Å². The zero-order valence-electron chi connectivity index (χ0n) is 15.2. The second kappa shape index (κ2) is 6.70. The molecular weight excluding hydrogens is 371 g/mol. The number of ether oxygens (including phenoxy) is 2. The maximum absolute atomic E-state index is 13.2. The number of halogens is 3. The van der Waals surface area contributed by atoms with Gasteiger partial charge in [-0.25, -0.2) is 0 Å². The van der Waals surface area contributed by atoms with Gasteiger partial charge >= 0.3 is 6.18 Å². The number of H-pyrrole nitrogens is 2. The van der Waals surface area contributed by atoms with Crippen molar-refractivity contribution < 1.29 is 22.6 Å². The third-order valence-electron chi connectivity index (χ3n) is 4.75. The number of methoxy groups -OCH3 is 2. The fraction of sp³-hybridized carbons (Fsp3) is 0.200. The van der Waals surface area contributed by atoms with E-state index in [0.29, 0.717) is 17.3 Å². The number of alkyl halides is 3. The molecule has 146 valence electrons. The Hall–Kier alpha value is -3.29. The first-order valence-corrected chi connectivity index (χ1v) is 8.56. The summed E-state index contributed by atoms with van der Waals surface area (Å²) in [5, 5.41) is 11.0. The molecule has 0 saturated carbocycles. The highest BCUT2D eigenvalue weighted by molar-refractivity contribution is 6.05. The minimum Gasteiger partial charge on any atom is -0.493 e. The van der Waals surface area contributed by atoms with Gasteiger partial charge in [0.05, 0.1) is 25.5 Å². The zero-order chi connectivity index (χ0) is 19.9. The second-order valence-corrected chi connectivity index (χ2v) is 6.36. The maximum Gasteiger partial charge on any atom is 0.416 e. The van der Waals surface area contributed by atoms with Crippen LogP contribution in [0.15, 0.2) is 42.5 Å². The molecule has 0 aromatic heterocycles. The molecule has 0 amide bonds. The number of fused-ring (bicyclic) bond motifs is 3. The van der Waals surface area contributed by atoms with E-state index >= 15 is 0 Å². The van der Waals surface area contributed by atoms with E-state index in [1.54, 1.807) is 20.3 Å². The Morgan fingerprint density at radius 1 is 0.964 bits per heavy atom. The molecule has 0 saturated heterocycles. The Morgan fingerprint density at radius 3 is 2.39 bits per heavy atom. The monoisotopic (exact) mass is 389 g/mol. The first kappa shape index (κ1) is 18.1. The Balaban J connectivity index is 1.66. The first-order valence-electron chi connectivity index (χ1n) is 8.56. The third kappa shape index (κ3) is 3.00. The summed E-state index contributed by atoms with van der Waals surface area (Å²) in [5.41, 5.74) is 1.21. The molecule has 1 aliphatic carbocycles. The minimum absolute atomic E-state index is 0.0350. The molecule has 5 nitrogen and oxygen atoms in total. The van der Waals surface area contributed by atoms with Crippen molar-refractivity contribution in [3.05, 3.63) is 53.6 Å². The topological polar surface area (TPSA) is 62.1 Å². The number of rotatable bonds is 5. The summed E-state index contributed by atoms with van der Waals surface area (Å²) in [4.78, 5) is 0. The lowest BCUT2D eigenvalue weighted by molar-refractivity contribution is -0.138. The summed E-state index contributed by atoms with van der Waals surface area (Å²) in [6.07, 6.45) is -4.39. The lowest BCUT2D eigenvalue weighted by atomic mass is 10.1. The molecule has 0 radical (unpaired) electrons. The van der Waals surface area contributed by atoms with Crippen LogP contribution in [0.1, 0.15) is 11.1 Å². The molecule has 2 aromatic carbocycles. The molecule has 3 N–H and O–H groups in total. The highest BCUT2D eigenvalue weighted by Crippen LogP contribution is 2.42. The first-order chi connectivity index (χ1) is 13.4. The number of nitrogens with one attached hydrogen (secondary N) is 3. The Bertz CT molecular complexity index is 1100. The van der Waals surface area contributed by atoms with Crippen molar-refractivity contribution in [3.63, 3.8) is 0 Å². The number of aromatic nitrogens is 2. The van der Waals surface area contributed by atoms with Crippen molar-refractivity contribution in [3.8, 4) is 22.8 Å². The molecule has 0 fully saturated rings. The van der Waals surface area contributed by atoms with Crippen LogP contribution in [0.2, 0.25) is 0 Å². The summed E-state index contributed by atoms with van der Waals surface area (Å²) in [6.45, 7) is 0.0350. The second-order valence-electron chi connectivity index (χ2n) is 6.36. The van der Waals surface area contributed by atoms with Gasteiger partial charge in [0, 0.05) is 17.5 Å². The van der Waals surface area contributed by atoms with E-state index in [-0.39, 0.29) is 12.1 Å². The fourth-order valence-electron chi connectivity index (χ4n) is 3.40. The van der Waals surface area contributed by atoms with E-state index in [1.165, 1.54) is 12.1 Å². The number of benzene rings is 2. The number of aromatic amines is 2. The minimum atomic E-state index is -4.39. The summed E-state index contributed by atoms with van der Waals surface area (Å²) < 4.78 is 50.2. The van der Waals surface area contributed by atoms with Crippen LogP contribution in [-0.4, -0.2) is 24.4 Å².